The van der Waals surface area contributed by atoms with E-state index >= 15 is 0 Å². The molecule has 0 nitrogen and oxygen atoms in total. The third-order valence-electron chi connectivity index (χ3n) is 23.0. The Morgan fingerprint density at radius 1 is 0.198 bits per heavy atom. The minimum Gasteiger partial charge on any atom is -0.125 e. The van der Waals surface area contributed by atoms with Crippen LogP contribution in [0.25, 0.3) is 86.2 Å². The van der Waals surface area contributed by atoms with Crippen molar-refractivity contribution >= 4 is 182 Å². The van der Waals surface area contributed by atoms with Crippen LogP contribution in [0.1, 0.15) is 188 Å². The third-order valence-corrected chi connectivity index (χ3v) is 50.1. The van der Waals surface area contributed by atoms with Crippen molar-refractivity contribution in [2.24, 2.45) is 0 Å². The summed E-state index contributed by atoms with van der Waals surface area (Å²) >= 11 is 15.0. The predicted octanol–water partition coefficient (Wildman–Crippen LogP) is 29.9. The fourth-order valence-corrected chi connectivity index (χ4v) is 40.6. The molecule has 8 heteroatoms. The first-order chi connectivity index (χ1) is 45.1. The van der Waals surface area contributed by atoms with Gasteiger partial charge in [0, 0.05) is 40.1 Å². The minimum atomic E-state index is -2.00. The normalized spacial score (nSPS) is 12.8. The smallest absolute Gasteiger partial charge is 0.125 e. The first kappa shape index (κ1) is 75.5. The van der Waals surface area contributed by atoms with Crippen LogP contribution in [0, 0.1) is 45.9 Å². The highest BCUT2D eigenvalue weighted by atomic mass is 79.9. The molecular formula is C88H104Br4Si4. The van der Waals surface area contributed by atoms with Gasteiger partial charge < -0.3 is 0 Å². The van der Waals surface area contributed by atoms with Crippen LogP contribution in [0.5, 0.6) is 0 Å². The zero-order chi connectivity index (χ0) is 70.6. The maximum absolute atomic E-state index is 4.11. The fraction of sp³-hybridized carbons (Fsp3) is 0.409. The summed E-state index contributed by atoms with van der Waals surface area (Å²) in [6.07, 6.45) is 0. The van der Waals surface area contributed by atoms with Gasteiger partial charge in [-0.15, -0.1) is 22.2 Å². The second-order valence-corrected chi connectivity index (χ2v) is 57.6. The maximum Gasteiger partial charge on any atom is 0.146 e. The standard InChI is InChI=1S/2C44H52Br2Si2/c1-27(2)47(28(3)4,29(5)6)19-17-39-41-23-33-13-15-38(46)22-36(33)26-44(41)40(18-20-48(30(7)8,31(9)10)32(11)12)42-24-34-14-16-37(45)21-35(34)25-43(39)42;1-27(2)47(28(3)4,29(5)6)19-17-39-41-23-33-13-15-37(45)21-35(33)25-43(41)40(18-20-48(30(7)8,31(9)10)32(11)12)44-26-36-22-38(46)16-14-34(36)24-42(39)44/h2*13-16,21-32H,1-12H3. The van der Waals surface area contributed by atoms with Gasteiger partial charge in [-0.3, -0.25) is 0 Å². The molecule has 0 saturated carbocycles. The van der Waals surface area contributed by atoms with Gasteiger partial charge >= 0.3 is 0 Å². The summed E-state index contributed by atoms with van der Waals surface area (Å²) in [5.74, 6) is 15.9. The van der Waals surface area contributed by atoms with Crippen LogP contribution in [-0.2, 0) is 0 Å². The number of benzene rings is 10. The van der Waals surface area contributed by atoms with Gasteiger partial charge in [0.2, 0.25) is 0 Å². The van der Waals surface area contributed by atoms with E-state index in [2.05, 4.69) is 397 Å². The zero-order valence-electron chi connectivity index (χ0n) is 62.0. The van der Waals surface area contributed by atoms with Crippen LogP contribution in [-0.4, -0.2) is 32.3 Å². The molecule has 0 aliphatic heterocycles. The van der Waals surface area contributed by atoms with E-state index < -0.39 is 32.3 Å². The maximum atomic E-state index is 4.11. The number of hydrogen-bond donors (Lipinski definition) is 0. The summed E-state index contributed by atoms with van der Waals surface area (Å²) in [7, 11) is -7.99. The fourth-order valence-electron chi connectivity index (χ4n) is 18.3. The molecule has 0 aliphatic rings. The molecule has 96 heavy (non-hydrogen) atoms. The van der Waals surface area contributed by atoms with Crippen molar-refractivity contribution < 1.29 is 0 Å². The summed E-state index contributed by atoms with van der Waals surface area (Å²) in [5.41, 5.74) is 27.8. The van der Waals surface area contributed by atoms with Crippen LogP contribution >= 0.6 is 63.7 Å². The minimum absolute atomic E-state index is 0.558. The molecule has 0 amide bonds. The van der Waals surface area contributed by atoms with Crippen LogP contribution in [0.2, 0.25) is 66.5 Å². The highest BCUT2D eigenvalue weighted by Gasteiger charge is 2.45. The molecule has 0 N–H and O–H groups in total. The van der Waals surface area contributed by atoms with Crippen molar-refractivity contribution in [3.8, 4) is 45.9 Å². The molecule has 10 aromatic carbocycles. The van der Waals surface area contributed by atoms with Gasteiger partial charge in [0.1, 0.15) is 32.3 Å². The Balaban J connectivity index is 0.000000225. The summed E-state index contributed by atoms with van der Waals surface area (Å²) in [6, 6.07) is 45.6. The molecule has 0 heterocycles. The predicted molar refractivity (Wildman–Crippen MR) is 455 cm³/mol. The molecule has 0 unspecified atom stereocenters. The molecule has 10 rings (SSSR count). The highest BCUT2D eigenvalue weighted by Crippen LogP contribution is 2.48. The Morgan fingerprint density at radius 2 is 0.333 bits per heavy atom. The lowest BCUT2D eigenvalue weighted by molar-refractivity contribution is 0.838. The number of rotatable bonds is 12. The Morgan fingerprint density at radius 3 is 0.469 bits per heavy atom. The Kier molecular flexibility index (Phi) is 23.5. The molecule has 0 fully saturated rings. The van der Waals surface area contributed by atoms with Crippen LogP contribution in [0.15, 0.2) is 139 Å². The molecule has 0 radical (unpaired) electrons. The Bertz CT molecular complexity index is 4570. The van der Waals surface area contributed by atoms with Gasteiger partial charge in [-0.2, -0.15) is 0 Å². The lowest BCUT2D eigenvalue weighted by atomic mass is 9.89. The van der Waals surface area contributed by atoms with E-state index in [-0.39, 0.29) is 0 Å². The van der Waals surface area contributed by atoms with E-state index in [4.69, 9.17) is 0 Å². The van der Waals surface area contributed by atoms with Crippen LogP contribution in [0.4, 0.5) is 0 Å². The van der Waals surface area contributed by atoms with Crippen molar-refractivity contribution in [1.29, 1.82) is 0 Å². The van der Waals surface area contributed by atoms with Crippen LogP contribution < -0.4 is 0 Å². The topological polar surface area (TPSA) is 0 Å². The van der Waals surface area contributed by atoms with Gasteiger partial charge in [-0.1, -0.05) is 278 Å². The van der Waals surface area contributed by atoms with E-state index in [1.54, 1.807) is 0 Å². The molecule has 0 atom stereocenters. The van der Waals surface area contributed by atoms with Gasteiger partial charge in [0.15, 0.2) is 0 Å². The summed E-state index contributed by atoms with van der Waals surface area (Å²) in [5, 5.41) is 19.5. The third kappa shape index (κ3) is 14.0. The first-order valence-corrected chi connectivity index (χ1v) is 47.7. The summed E-state index contributed by atoms with van der Waals surface area (Å²) in [4.78, 5) is 0. The number of hydrogen-bond acceptors (Lipinski definition) is 0. The SMILES string of the molecule is CC(C)[Si](C#Cc1c2cc3ccc(Br)cc3cc2c(C#C[Si](C(C)C)(C(C)C)C(C)C)c2cc3cc(Br)ccc3cc12)(C(C)C)C(C)C.CC(C)[Si](C#Cc1c2cc3ccc(Br)cc3cc2c(C#C[Si](C(C)C)(C(C)C)C(C)C)c2cc3ccc(Br)cc3cc12)(C(C)C)C(C)C. The average molecular weight is 1590 g/mol. The molecule has 0 saturated heterocycles. The molecule has 10 aromatic rings. The van der Waals surface area contributed by atoms with Crippen LogP contribution in [0.3, 0.4) is 0 Å². The molecule has 0 aliphatic carbocycles. The van der Waals surface area contributed by atoms with E-state index in [9.17, 15) is 0 Å². The molecule has 0 bridgehead atoms. The lowest BCUT2D eigenvalue weighted by Gasteiger charge is -2.38. The van der Waals surface area contributed by atoms with Crippen molar-refractivity contribution in [3.63, 3.8) is 0 Å². The van der Waals surface area contributed by atoms with Crippen molar-refractivity contribution in [2.45, 2.75) is 233 Å². The van der Waals surface area contributed by atoms with E-state index in [0.717, 1.165) is 40.1 Å². The Labute approximate surface area is 616 Å². The van der Waals surface area contributed by atoms with Gasteiger partial charge in [0.25, 0.3) is 0 Å². The van der Waals surface area contributed by atoms with E-state index in [0.29, 0.717) is 66.5 Å². The van der Waals surface area contributed by atoms with Gasteiger partial charge in [-0.05, 0) is 250 Å². The number of halogens is 4. The second kappa shape index (κ2) is 29.9. The lowest BCUT2D eigenvalue weighted by Crippen LogP contribution is -2.43. The van der Waals surface area contributed by atoms with Gasteiger partial charge in [0.05, 0.1) is 0 Å². The number of fused-ring (bicyclic) bond motifs is 8. The summed E-state index contributed by atoms with van der Waals surface area (Å²) < 4.78 is 4.36. The van der Waals surface area contributed by atoms with Crippen molar-refractivity contribution in [1.82, 2.24) is 0 Å². The second-order valence-electron chi connectivity index (χ2n) is 31.6. The van der Waals surface area contributed by atoms with E-state index in [1.807, 2.05) is 0 Å². The van der Waals surface area contributed by atoms with E-state index in [1.165, 1.54) is 86.2 Å². The van der Waals surface area contributed by atoms with Crippen molar-refractivity contribution in [3.05, 3.63) is 161 Å². The molecule has 0 spiro atoms. The molecule has 0 aromatic heterocycles. The molecule has 500 valence electrons. The quantitative estimate of drug-likeness (QED) is 0.0650. The zero-order valence-corrected chi connectivity index (χ0v) is 72.3. The first-order valence-electron chi connectivity index (χ1n) is 35.6. The highest BCUT2D eigenvalue weighted by molar-refractivity contribution is 9.11. The van der Waals surface area contributed by atoms with Gasteiger partial charge in [-0.25, -0.2) is 0 Å². The van der Waals surface area contributed by atoms with Crippen molar-refractivity contribution in [2.75, 3.05) is 0 Å². The largest absolute Gasteiger partial charge is 0.146 e. The average Bonchev–Trinajstić information content (AvgIpc) is 0.737. The summed E-state index contributed by atoms with van der Waals surface area (Å²) in [6.45, 7) is 57.7. The monoisotopic (exact) mass is 1590 g/mol. The molecular weight excluding hydrogens is 1490 g/mol. The Hall–Kier alpha value is -4.69.